The quantitative estimate of drug-likeness (QED) is 0.108. The van der Waals surface area contributed by atoms with Crippen molar-refractivity contribution < 1.29 is 4.42 Å². The number of nitrogens with zero attached hydrogens (tertiary/aromatic N) is 4. The minimum absolute atomic E-state index is 0.837. The van der Waals surface area contributed by atoms with Gasteiger partial charge in [0.2, 0.25) is 0 Å². The normalized spacial score (nSPS) is 12.0. The zero-order valence-corrected chi connectivity index (χ0v) is 42.9. The summed E-state index contributed by atoms with van der Waals surface area (Å²) in [5.41, 5.74) is 19.3. The Kier molecular flexibility index (Phi) is 13.0. The van der Waals surface area contributed by atoms with Crippen LogP contribution in [0.15, 0.2) is 326 Å². The van der Waals surface area contributed by atoms with Crippen molar-refractivity contribution in [2.45, 2.75) is 6.42 Å². The monoisotopic (exact) mass is 1000 g/mol. The molecular weight excluding hydrogens is 949 g/mol. The van der Waals surface area contributed by atoms with Crippen molar-refractivity contribution in [3.63, 3.8) is 0 Å². The number of hydrogen-bond donors (Lipinski definition) is 0. The second-order valence-electron chi connectivity index (χ2n) is 19.3. The van der Waals surface area contributed by atoms with E-state index in [1.807, 2.05) is 0 Å². The van der Waals surface area contributed by atoms with Crippen LogP contribution in [0.4, 0.5) is 62.6 Å². The first-order valence-corrected chi connectivity index (χ1v) is 26.6. The van der Waals surface area contributed by atoms with Crippen LogP contribution in [-0.4, -0.2) is 0 Å². The van der Waals surface area contributed by atoms with E-state index < -0.39 is 0 Å². The third kappa shape index (κ3) is 9.64. The highest BCUT2D eigenvalue weighted by Gasteiger charge is 2.20. The van der Waals surface area contributed by atoms with Gasteiger partial charge in [-0.25, -0.2) is 0 Å². The van der Waals surface area contributed by atoms with E-state index in [0.29, 0.717) is 0 Å². The molecule has 0 fully saturated rings. The second-order valence-corrected chi connectivity index (χ2v) is 19.3. The van der Waals surface area contributed by atoms with Crippen LogP contribution in [0.25, 0.3) is 44.2 Å². The van der Waals surface area contributed by atoms with Gasteiger partial charge in [0, 0.05) is 79.0 Å². The Labute approximate surface area is 456 Å². The lowest BCUT2D eigenvalue weighted by Crippen LogP contribution is -2.15. The van der Waals surface area contributed by atoms with Crippen molar-refractivity contribution >= 4 is 84.5 Å². The number of rotatable bonds is 14. The molecule has 11 aromatic carbocycles. The van der Waals surface area contributed by atoms with Crippen molar-refractivity contribution in [3.05, 3.63) is 321 Å². The Morgan fingerprint density at radius 3 is 0.885 bits per heavy atom. The lowest BCUT2D eigenvalue weighted by Gasteiger charge is -2.27. The molecule has 0 amide bonds. The summed E-state index contributed by atoms with van der Waals surface area (Å²) in [6.45, 7) is 0. The topological polar surface area (TPSA) is 26.1 Å². The van der Waals surface area contributed by atoms with E-state index in [1.165, 1.54) is 0 Å². The Morgan fingerprint density at radius 1 is 0.256 bits per heavy atom. The molecule has 0 N–H and O–H groups in total. The summed E-state index contributed by atoms with van der Waals surface area (Å²) in [5.74, 6) is 0. The summed E-state index contributed by atoms with van der Waals surface area (Å²) in [6, 6.07) is 101. The van der Waals surface area contributed by atoms with E-state index in [4.69, 9.17) is 4.42 Å². The molecule has 5 nitrogen and oxygen atoms in total. The van der Waals surface area contributed by atoms with E-state index in [9.17, 15) is 0 Å². The fraction of sp³-hybridized carbons (Fsp3) is 0.0137. The first kappa shape index (κ1) is 47.4. The second kappa shape index (κ2) is 21.5. The van der Waals surface area contributed by atoms with E-state index >= 15 is 0 Å². The molecule has 372 valence electrons. The molecule has 1 aliphatic rings. The summed E-state index contributed by atoms with van der Waals surface area (Å²) in [6.07, 6.45) is 11.7. The third-order valence-electron chi connectivity index (χ3n) is 14.4. The Balaban J connectivity index is 0.805. The van der Waals surface area contributed by atoms with Gasteiger partial charge in [-0.1, -0.05) is 164 Å². The average molecular weight is 1000 g/mol. The van der Waals surface area contributed by atoms with Crippen LogP contribution in [0.2, 0.25) is 0 Å². The van der Waals surface area contributed by atoms with Gasteiger partial charge in [-0.2, -0.15) is 0 Å². The molecule has 78 heavy (non-hydrogen) atoms. The summed E-state index contributed by atoms with van der Waals surface area (Å²) >= 11 is 0. The maximum atomic E-state index is 6.58. The molecule has 12 aromatic rings. The number of para-hydroxylation sites is 5. The largest absolute Gasteiger partial charge is 0.456 e. The Bertz CT molecular complexity index is 4020. The van der Waals surface area contributed by atoms with Gasteiger partial charge in [0.25, 0.3) is 0 Å². The van der Waals surface area contributed by atoms with Crippen molar-refractivity contribution in [1.82, 2.24) is 0 Å². The lowest BCUT2D eigenvalue weighted by atomic mass is 10.0. The number of hydrogen-bond acceptors (Lipinski definition) is 5. The third-order valence-corrected chi connectivity index (χ3v) is 14.4. The van der Waals surface area contributed by atoms with Gasteiger partial charge in [0.05, 0.1) is 0 Å². The van der Waals surface area contributed by atoms with Crippen LogP contribution < -0.4 is 19.6 Å². The van der Waals surface area contributed by atoms with Gasteiger partial charge < -0.3 is 24.0 Å². The van der Waals surface area contributed by atoms with Crippen LogP contribution in [0.3, 0.4) is 0 Å². The van der Waals surface area contributed by atoms with Crippen LogP contribution in [0.5, 0.6) is 0 Å². The molecule has 1 aromatic heterocycles. The maximum absolute atomic E-state index is 6.58. The number of anilines is 11. The lowest BCUT2D eigenvalue weighted by molar-refractivity contribution is 0.669. The molecule has 0 spiro atoms. The van der Waals surface area contributed by atoms with E-state index in [2.05, 4.69) is 335 Å². The molecule has 0 bridgehead atoms. The number of furan rings is 1. The molecule has 0 aliphatic heterocycles. The molecule has 5 heteroatoms. The SMILES string of the molecule is C1=CCC=C(N(c2ccccc2)c2ccc(-c3ccc(N(c4ccccc4)c4ccc5oc6ccc(N(c7ccccc7)c7ccc(-c8ccc(N(c9ccccc9)c9ccccc9)cc8)cc7)cc6c5c4)cc3)cc2)C=C1. The van der Waals surface area contributed by atoms with Crippen molar-refractivity contribution in [2.24, 2.45) is 0 Å². The number of benzene rings is 11. The minimum atomic E-state index is 0.837. The highest BCUT2D eigenvalue weighted by atomic mass is 16.3. The fourth-order valence-electron chi connectivity index (χ4n) is 10.7. The van der Waals surface area contributed by atoms with Gasteiger partial charge in [0.15, 0.2) is 0 Å². The molecular formula is C73H54N4O. The molecule has 1 aliphatic carbocycles. The molecule has 0 radical (unpaired) electrons. The van der Waals surface area contributed by atoms with E-state index in [1.54, 1.807) is 0 Å². The molecule has 0 atom stereocenters. The molecule has 0 saturated heterocycles. The van der Waals surface area contributed by atoms with Gasteiger partial charge in [0.1, 0.15) is 11.2 Å². The highest BCUT2D eigenvalue weighted by molar-refractivity contribution is 6.08. The molecule has 1 heterocycles. The summed E-state index contributed by atoms with van der Waals surface area (Å²) in [5, 5.41) is 2.09. The summed E-state index contributed by atoms with van der Waals surface area (Å²) in [4.78, 5) is 9.25. The fourth-order valence-corrected chi connectivity index (χ4v) is 10.7. The molecule has 0 unspecified atom stereocenters. The maximum Gasteiger partial charge on any atom is 0.135 e. The van der Waals surface area contributed by atoms with Crippen LogP contribution in [0, 0.1) is 0 Å². The van der Waals surface area contributed by atoms with Gasteiger partial charge in [-0.3, -0.25) is 0 Å². The van der Waals surface area contributed by atoms with E-state index in [-0.39, 0.29) is 0 Å². The molecule has 13 rings (SSSR count). The smallest absolute Gasteiger partial charge is 0.135 e. The van der Waals surface area contributed by atoms with E-state index in [0.717, 1.165) is 119 Å². The van der Waals surface area contributed by atoms with Crippen molar-refractivity contribution in [1.29, 1.82) is 0 Å². The van der Waals surface area contributed by atoms with Crippen LogP contribution in [-0.2, 0) is 0 Å². The summed E-state index contributed by atoms with van der Waals surface area (Å²) < 4.78 is 6.58. The summed E-state index contributed by atoms with van der Waals surface area (Å²) in [7, 11) is 0. The Hall–Kier alpha value is -10.4. The number of fused-ring (bicyclic) bond motifs is 3. The average Bonchev–Trinajstić information content (AvgIpc) is 3.71. The first-order valence-electron chi connectivity index (χ1n) is 26.6. The standard InChI is InChI=1S/C73H54N4O/c1-2-9-21-58(20-8-1)74(59-22-10-3-11-23-59)64-40-32-54(33-41-64)56-36-44-66(45-37-56)76(62-28-16-6-17-29-62)68-48-50-72-70(52-68)71-53-69(49-51-73(71)78-72)77(63-30-18-7-19-31-63)67-46-38-57(39-47-67)55-34-42-65(43-35-55)75(60-24-12-4-13-25-60)61-26-14-5-15-27-61/h1-8,10-53H,9H2. The highest BCUT2D eigenvalue weighted by Crippen LogP contribution is 2.43. The van der Waals surface area contributed by atoms with Gasteiger partial charge in [-0.05, 0) is 180 Å². The van der Waals surface area contributed by atoms with Crippen molar-refractivity contribution in [3.8, 4) is 22.3 Å². The zero-order chi connectivity index (χ0) is 52.0. The zero-order valence-electron chi connectivity index (χ0n) is 42.9. The predicted molar refractivity (Wildman–Crippen MR) is 328 cm³/mol. The minimum Gasteiger partial charge on any atom is -0.456 e. The molecule has 0 saturated carbocycles. The van der Waals surface area contributed by atoms with Gasteiger partial charge in [-0.15, -0.1) is 0 Å². The number of allylic oxidation sites excluding steroid dienone is 5. The van der Waals surface area contributed by atoms with Gasteiger partial charge >= 0.3 is 0 Å². The first-order chi connectivity index (χ1) is 38.7. The predicted octanol–water partition coefficient (Wildman–Crippen LogP) is 20.9. The van der Waals surface area contributed by atoms with Crippen molar-refractivity contribution in [2.75, 3.05) is 19.6 Å². The van der Waals surface area contributed by atoms with Crippen LogP contribution in [0.1, 0.15) is 6.42 Å². The van der Waals surface area contributed by atoms with Crippen LogP contribution >= 0.6 is 0 Å². The Morgan fingerprint density at radius 2 is 0.538 bits per heavy atom.